The Labute approximate surface area is 420 Å². The molecule has 0 saturated heterocycles. The van der Waals surface area contributed by atoms with E-state index in [1.54, 1.807) is 44.1 Å². The third-order valence-electron chi connectivity index (χ3n) is 15.4. The minimum Gasteiger partial charge on any atom is -1.00 e. The second-order valence-corrected chi connectivity index (χ2v) is 22.8. The monoisotopic (exact) mass is 1030 g/mol. The Morgan fingerprint density at radius 3 is 1.45 bits per heavy atom. The van der Waals surface area contributed by atoms with E-state index in [0.29, 0.717) is 14.5 Å². The second kappa shape index (κ2) is 18.4. The van der Waals surface area contributed by atoms with Gasteiger partial charge in [0.15, 0.2) is 0 Å². The zero-order valence-electron chi connectivity index (χ0n) is 39.5. The molecule has 12 rings (SSSR count). The Hall–Kier alpha value is -3.38. The third kappa shape index (κ3) is 10.1. The molecule has 4 fully saturated rings. The Balaban J connectivity index is 0.000000149. The topological polar surface area (TPSA) is 0 Å². The van der Waals surface area contributed by atoms with Crippen LogP contribution in [0.5, 0.6) is 0 Å². The van der Waals surface area contributed by atoms with E-state index in [9.17, 15) is 26.3 Å². The molecular weight excluding hydrogens is 973 g/mol. The van der Waals surface area contributed by atoms with Crippen molar-refractivity contribution in [3.63, 3.8) is 0 Å². The van der Waals surface area contributed by atoms with Gasteiger partial charge in [-0.25, -0.2) is 5.57 Å². The Kier molecular flexibility index (Phi) is 14.2. The van der Waals surface area contributed by atoms with Crippen LogP contribution in [0.15, 0.2) is 108 Å². The SMILES string of the molecule is CC1=CC(C)(C)c2cc3[cH-]c4cc5c(cc4c3cc21)C(C)=CC5(C)C.CC1=[C-]C(C)C=C1CC12CC3CC(CC(C3)C1)C2.FC(F)(F)c1cccc([C](=[Zr+2])c2cccc(C(F)(F)F)c2)c1.[Cl-].[Cl-]. The smallest absolute Gasteiger partial charge is 1.00 e. The van der Waals surface area contributed by atoms with Gasteiger partial charge in [-0.05, 0) is 97.8 Å². The van der Waals surface area contributed by atoms with Gasteiger partial charge in [0.25, 0.3) is 0 Å². The first-order valence-electron chi connectivity index (χ1n) is 23.2. The van der Waals surface area contributed by atoms with Crippen LogP contribution in [0.2, 0.25) is 0 Å². The number of hydrogen-bond acceptors (Lipinski definition) is 0. The van der Waals surface area contributed by atoms with Crippen molar-refractivity contribution in [1.29, 1.82) is 0 Å². The van der Waals surface area contributed by atoms with Crippen molar-refractivity contribution in [1.82, 2.24) is 0 Å². The molecular formula is C58H58Cl2F6Zr-2. The average Bonchev–Trinajstić information content (AvgIpc) is 3.88. The van der Waals surface area contributed by atoms with E-state index in [1.165, 1.54) is 91.2 Å². The number of benzene rings is 4. The Morgan fingerprint density at radius 2 is 1.07 bits per heavy atom. The summed E-state index contributed by atoms with van der Waals surface area (Å²) in [6.07, 6.45) is 12.6. The molecule has 7 aliphatic carbocycles. The van der Waals surface area contributed by atoms with Crippen LogP contribution in [-0.4, -0.2) is 3.21 Å². The van der Waals surface area contributed by atoms with Gasteiger partial charge in [0.05, 0.1) is 0 Å². The molecule has 0 nitrogen and oxygen atoms in total. The molecule has 5 aromatic rings. The number of allylic oxidation sites excluding steroid dienone is 8. The largest absolute Gasteiger partial charge is 1.00 e. The minimum atomic E-state index is -4.49. The third-order valence-corrected chi connectivity index (χ3v) is 16.9. The van der Waals surface area contributed by atoms with Crippen molar-refractivity contribution >= 4 is 35.9 Å². The molecule has 1 atom stereocenters. The number of hydrogen-bond donors (Lipinski definition) is 0. The summed E-state index contributed by atoms with van der Waals surface area (Å²) in [5, 5.41) is 5.57. The van der Waals surface area contributed by atoms with Gasteiger partial charge in [-0.3, -0.25) is 6.08 Å². The van der Waals surface area contributed by atoms with Crippen molar-refractivity contribution in [2.24, 2.45) is 29.1 Å². The summed E-state index contributed by atoms with van der Waals surface area (Å²) in [6, 6.07) is 21.3. The minimum absolute atomic E-state index is 0. The van der Waals surface area contributed by atoms with Crippen molar-refractivity contribution in [3.8, 4) is 0 Å². The first kappa shape index (κ1) is 51.5. The summed E-state index contributed by atoms with van der Waals surface area (Å²) in [7, 11) is 0. The summed E-state index contributed by atoms with van der Waals surface area (Å²) in [5.41, 5.74) is 11.6. The summed E-state index contributed by atoms with van der Waals surface area (Å²) in [6.45, 7) is 18.3. The summed E-state index contributed by atoms with van der Waals surface area (Å²) in [5.74, 6) is 3.82. The average molecular weight is 1030 g/mol. The molecule has 0 amide bonds. The fourth-order valence-electron chi connectivity index (χ4n) is 13.1. The van der Waals surface area contributed by atoms with Crippen molar-refractivity contribution in [2.75, 3.05) is 0 Å². The molecule has 1 unspecified atom stereocenters. The molecule has 9 heteroatoms. The predicted octanol–water partition coefficient (Wildman–Crippen LogP) is 10.9. The number of fused-ring (bicyclic) bond motifs is 5. The van der Waals surface area contributed by atoms with Gasteiger partial charge < -0.3 is 24.8 Å². The first-order valence-corrected chi connectivity index (χ1v) is 24.5. The van der Waals surface area contributed by atoms with E-state index >= 15 is 0 Å². The van der Waals surface area contributed by atoms with Crippen LogP contribution in [-0.2, 0) is 47.4 Å². The van der Waals surface area contributed by atoms with Crippen LogP contribution in [0.3, 0.4) is 0 Å². The first-order chi connectivity index (χ1) is 30.4. The maximum absolute atomic E-state index is 12.7. The molecule has 0 aromatic heterocycles. The molecule has 0 N–H and O–H groups in total. The van der Waals surface area contributed by atoms with Gasteiger partial charge in [0.1, 0.15) is 0 Å². The van der Waals surface area contributed by atoms with E-state index < -0.39 is 23.5 Å². The summed E-state index contributed by atoms with van der Waals surface area (Å²) >= 11 is 0.729. The van der Waals surface area contributed by atoms with E-state index in [1.807, 2.05) is 0 Å². The fourth-order valence-corrected chi connectivity index (χ4v) is 13.9. The van der Waals surface area contributed by atoms with Crippen LogP contribution in [0.1, 0.15) is 145 Å². The van der Waals surface area contributed by atoms with Gasteiger partial charge in [-0.2, -0.15) is 11.6 Å². The normalized spacial score (nSPS) is 24.8. The van der Waals surface area contributed by atoms with Gasteiger partial charge in [0.2, 0.25) is 0 Å². The molecule has 0 spiro atoms. The van der Waals surface area contributed by atoms with Crippen LogP contribution in [0, 0.1) is 35.2 Å². The standard InChI is InChI=1S/C25H25.C18H25.C15H8F6.2ClH.Zr/c1-14-12-24(3,4)22-8-16-7-17-9-23-19(15(2)13-25(23,5)6)11-21(17)20(16)10-18(14)22;1-12-3-13(2)17(4-12)11-18-8-14-5-15(9-18)7-16(6-14)10-18;16-14(17,18)12-5-1-3-10(8-12)7-11-4-2-6-13(9-11)15(19,20)21;;;/h7-13H,1-6H3;4,12,14-16H,5-11H2,1-2H3;1-6,8-9H;2*1H;/q2*-1;;;;+2/p-2. The van der Waals surface area contributed by atoms with E-state index in [2.05, 4.69) is 110 Å². The fraction of sp³-hybridized carbons (Fsp3) is 0.414. The van der Waals surface area contributed by atoms with Crippen LogP contribution < -0.4 is 24.8 Å². The zero-order valence-corrected chi connectivity index (χ0v) is 43.5. The van der Waals surface area contributed by atoms with Gasteiger partial charge >= 0.3 is 137 Å². The Morgan fingerprint density at radius 1 is 0.657 bits per heavy atom. The molecule has 0 aliphatic heterocycles. The van der Waals surface area contributed by atoms with Crippen molar-refractivity contribution in [3.05, 3.63) is 159 Å². The van der Waals surface area contributed by atoms with Crippen LogP contribution in [0.25, 0.3) is 32.7 Å². The quantitative estimate of drug-likeness (QED) is 0.124. The second-order valence-electron chi connectivity index (χ2n) is 21.6. The number of alkyl halides is 6. The van der Waals surface area contributed by atoms with E-state index in [-0.39, 0.29) is 46.8 Å². The Bertz CT molecular complexity index is 2690. The molecule has 0 radical (unpaired) electrons. The molecule has 7 aliphatic rings. The van der Waals surface area contributed by atoms with E-state index in [0.717, 1.165) is 66.3 Å². The van der Waals surface area contributed by atoms with Gasteiger partial charge in [-0.1, -0.05) is 89.3 Å². The molecule has 4 bridgehead atoms. The summed E-state index contributed by atoms with van der Waals surface area (Å²) < 4.78 is 76.7. The van der Waals surface area contributed by atoms with Crippen molar-refractivity contribution < 1.29 is 75.4 Å². The maximum atomic E-state index is 12.7. The summed E-state index contributed by atoms with van der Waals surface area (Å²) in [4.78, 5) is 0. The van der Waals surface area contributed by atoms with E-state index in [4.69, 9.17) is 0 Å². The van der Waals surface area contributed by atoms with Gasteiger partial charge in [0, 0.05) is 10.8 Å². The van der Waals surface area contributed by atoms with Crippen molar-refractivity contribution in [2.45, 2.75) is 124 Å². The molecule has 4 saturated carbocycles. The molecule has 67 heavy (non-hydrogen) atoms. The zero-order chi connectivity index (χ0) is 46.6. The van der Waals surface area contributed by atoms with Crippen LogP contribution >= 0.6 is 0 Å². The maximum Gasteiger partial charge on any atom is -1.00 e. The molecule has 352 valence electrons. The van der Waals surface area contributed by atoms with Crippen LogP contribution in [0.4, 0.5) is 26.3 Å². The predicted molar refractivity (Wildman–Crippen MR) is 251 cm³/mol. The molecule has 0 heterocycles. The number of halogens is 8. The van der Waals surface area contributed by atoms with Gasteiger partial charge in [-0.15, -0.1) is 39.7 Å². The molecule has 5 aromatic carbocycles. The number of rotatable bonds is 4.